The van der Waals surface area contributed by atoms with Gasteiger partial charge in [0.1, 0.15) is 19.0 Å². The first-order chi connectivity index (χ1) is 23.1. The lowest BCUT2D eigenvalue weighted by atomic mass is 9.94. The van der Waals surface area contributed by atoms with E-state index < -0.39 is 17.5 Å². The molecule has 0 spiro atoms. The van der Waals surface area contributed by atoms with E-state index in [1.54, 1.807) is 26.0 Å². The summed E-state index contributed by atoms with van der Waals surface area (Å²) < 4.78 is 11.5. The molecule has 0 aromatic heterocycles. The summed E-state index contributed by atoms with van der Waals surface area (Å²) in [4.78, 5) is 39.4. The Bertz CT molecular complexity index is 1440. The summed E-state index contributed by atoms with van der Waals surface area (Å²) in [5, 5.41) is 15.8. The van der Waals surface area contributed by atoms with Crippen LogP contribution in [0.25, 0.3) is 0 Å². The number of esters is 1. The predicted octanol–water partition coefficient (Wildman–Crippen LogP) is 6.13. The number of aliphatic hydroxyl groups excluding tert-OH is 1. The first-order valence-corrected chi connectivity index (χ1v) is 16.5. The van der Waals surface area contributed by atoms with Gasteiger partial charge in [0.05, 0.1) is 30.0 Å². The van der Waals surface area contributed by atoms with E-state index in [2.05, 4.69) is 23.8 Å². The summed E-state index contributed by atoms with van der Waals surface area (Å²) in [5.41, 5.74) is 2.17. The molecular formula is C40H50N2O6. The molecule has 0 saturated carbocycles. The molecule has 0 aliphatic carbocycles. The molecule has 3 unspecified atom stereocenters. The van der Waals surface area contributed by atoms with Crippen molar-refractivity contribution >= 4 is 17.8 Å². The van der Waals surface area contributed by atoms with E-state index in [1.807, 2.05) is 84.9 Å². The van der Waals surface area contributed by atoms with E-state index in [0.29, 0.717) is 32.3 Å². The van der Waals surface area contributed by atoms with E-state index in [9.17, 15) is 19.5 Å². The lowest BCUT2D eigenvalue weighted by Crippen LogP contribution is -2.50. The Balaban J connectivity index is 1.50. The van der Waals surface area contributed by atoms with Crippen molar-refractivity contribution in [1.82, 2.24) is 10.6 Å². The molecule has 3 aromatic carbocycles. The predicted molar refractivity (Wildman–Crippen MR) is 189 cm³/mol. The molecule has 8 nitrogen and oxygen atoms in total. The third-order valence-electron chi connectivity index (χ3n) is 7.91. The number of carbonyl (C=O) groups is 3. The SMILES string of the molecule is C=CCCC(Cc1ccccc1)C(=O)OCC(C)(C)NC(=O)C(CC=C)CC(=O)NC(CO)Cc1ccc(OCc2ccccc2)cc1. The van der Waals surface area contributed by atoms with Crippen LogP contribution in [-0.4, -0.2) is 47.7 Å². The van der Waals surface area contributed by atoms with E-state index in [0.717, 1.165) is 22.4 Å². The van der Waals surface area contributed by atoms with Gasteiger partial charge in [-0.25, -0.2) is 0 Å². The number of allylic oxidation sites excluding steroid dienone is 2. The van der Waals surface area contributed by atoms with Crippen LogP contribution in [0, 0.1) is 11.8 Å². The van der Waals surface area contributed by atoms with Gasteiger partial charge in [-0.05, 0) is 74.8 Å². The Morgan fingerprint density at radius 1 is 0.833 bits per heavy atom. The van der Waals surface area contributed by atoms with Crippen LogP contribution < -0.4 is 15.4 Å². The standard InChI is InChI=1S/C40H50N2O6/c1-5-7-19-34(24-30-15-10-8-11-16-30)39(46)48-29-40(3,4)42-38(45)33(14-6-2)26-37(44)41-35(27-43)25-31-20-22-36(23-21-31)47-28-32-17-12-9-13-18-32/h5-6,8-13,15-18,20-23,33-35,43H,1-2,7,14,19,24-29H2,3-4H3,(H,41,44)(H,42,45). The van der Waals surface area contributed by atoms with Crippen LogP contribution in [0.15, 0.2) is 110 Å². The number of amides is 2. The smallest absolute Gasteiger partial charge is 0.309 e. The van der Waals surface area contributed by atoms with Crippen molar-refractivity contribution in [3.8, 4) is 5.75 Å². The van der Waals surface area contributed by atoms with Crippen LogP contribution >= 0.6 is 0 Å². The van der Waals surface area contributed by atoms with Crippen LogP contribution in [0.5, 0.6) is 5.75 Å². The molecule has 48 heavy (non-hydrogen) atoms. The van der Waals surface area contributed by atoms with Gasteiger partial charge in [-0.2, -0.15) is 0 Å². The van der Waals surface area contributed by atoms with Crippen molar-refractivity contribution in [2.75, 3.05) is 13.2 Å². The van der Waals surface area contributed by atoms with Crippen LogP contribution in [0.3, 0.4) is 0 Å². The molecule has 0 aliphatic rings. The fraction of sp³-hybridized carbons (Fsp3) is 0.375. The topological polar surface area (TPSA) is 114 Å². The van der Waals surface area contributed by atoms with E-state index in [-0.39, 0.29) is 49.8 Å². The minimum atomic E-state index is -0.872. The number of aliphatic hydroxyl groups is 1. The molecule has 2 amide bonds. The van der Waals surface area contributed by atoms with Gasteiger partial charge in [0.25, 0.3) is 0 Å². The highest BCUT2D eigenvalue weighted by Crippen LogP contribution is 2.19. The van der Waals surface area contributed by atoms with Gasteiger partial charge in [0, 0.05) is 6.42 Å². The second-order valence-corrected chi connectivity index (χ2v) is 12.7. The molecular weight excluding hydrogens is 604 g/mol. The molecule has 0 saturated heterocycles. The average molecular weight is 655 g/mol. The second kappa shape index (κ2) is 19.9. The van der Waals surface area contributed by atoms with Gasteiger partial charge in [0.2, 0.25) is 11.8 Å². The van der Waals surface area contributed by atoms with Gasteiger partial charge in [0.15, 0.2) is 0 Å². The minimum absolute atomic E-state index is 0.0212. The lowest BCUT2D eigenvalue weighted by Gasteiger charge is -2.29. The normalized spacial score (nSPS) is 13.0. The number of carbonyl (C=O) groups excluding carboxylic acids is 3. The number of benzene rings is 3. The largest absolute Gasteiger partial charge is 0.489 e. The Kier molecular flexibility index (Phi) is 15.6. The zero-order valence-corrected chi connectivity index (χ0v) is 28.2. The third kappa shape index (κ3) is 13.6. The molecule has 3 N–H and O–H groups in total. The maximum atomic E-state index is 13.3. The molecule has 0 radical (unpaired) electrons. The molecule has 3 atom stereocenters. The van der Waals surface area contributed by atoms with Gasteiger partial charge < -0.3 is 25.2 Å². The highest BCUT2D eigenvalue weighted by atomic mass is 16.5. The third-order valence-corrected chi connectivity index (χ3v) is 7.91. The van der Waals surface area contributed by atoms with E-state index in [4.69, 9.17) is 9.47 Å². The molecule has 8 heteroatoms. The second-order valence-electron chi connectivity index (χ2n) is 12.7. The first kappa shape index (κ1) is 37.8. The number of hydrogen-bond acceptors (Lipinski definition) is 6. The maximum absolute atomic E-state index is 13.3. The van der Waals surface area contributed by atoms with Crippen molar-refractivity contribution in [2.45, 2.75) is 70.6 Å². The molecule has 0 heterocycles. The average Bonchev–Trinajstić information content (AvgIpc) is 3.09. The number of nitrogens with one attached hydrogen (secondary N) is 2. The summed E-state index contributed by atoms with van der Waals surface area (Å²) in [7, 11) is 0. The van der Waals surface area contributed by atoms with Crippen LogP contribution in [0.4, 0.5) is 0 Å². The molecule has 0 fully saturated rings. The van der Waals surface area contributed by atoms with Crippen LogP contribution in [-0.2, 0) is 38.6 Å². The van der Waals surface area contributed by atoms with Gasteiger partial charge in [-0.1, -0.05) is 84.9 Å². The van der Waals surface area contributed by atoms with Crippen molar-refractivity contribution in [3.05, 3.63) is 127 Å². The monoisotopic (exact) mass is 654 g/mol. The fourth-order valence-electron chi connectivity index (χ4n) is 5.27. The molecule has 3 aromatic rings. The van der Waals surface area contributed by atoms with Gasteiger partial charge in [-0.15, -0.1) is 13.2 Å². The zero-order valence-electron chi connectivity index (χ0n) is 28.2. The van der Waals surface area contributed by atoms with Crippen molar-refractivity contribution in [2.24, 2.45) is 11.8 Å². The van der Waals surface area contributed by atoms with E-state index >= 15 is 0 Å². The maximum Gasteiger partial charge on any atom is 0.309 e. The number of ether oxygens (including phenoxy) is 2. The van der Waals surface area contributed by atoms with Gasteiger partial charge >= 0.3 is 5.97 Å². The number of rotatable bonds is 21. The Labute approximate surface area is 285 Å². The summed E-state index contributed by atoms with van der Waals surface area (Å²) in [5.74, 6) is -1.31. The highest BCUT2D eigenvalue weighted by Gasteiger charge is 2.30. The lowest BCUT2D eigenvalue weighted by molar-refractivity contribution is -0.151. The summed E-state index contributed by atoms with van der Waals surface area (Å²) in [6.45, 7) is 11.3. The summed E-state index contributed by atoms with van der Waals surface area (Å²) >= 11 is 0. The van der Waals surface area contributed by atoms with Crippen molar-refractivity contribution in [1.29, 1.82) is 0 Å². The zero-order chi connectivity index (χ0) is 34.8. The van der Waals surface area contributed by atoms with Crippen molar-refractivity contribution < 1.29 is 29.0 Å². The Morgan fingerprint density at radius 2 is 1.46 bits per heavy atom. The summed E-state index contributed by atoms with van der Waals surface area (Å²) in [6, 6.07) is 26.7. The minimum Gasteiger partial charge on any atom is -0.489 e. The van der Waals surface area contributed by atoms with Crippen LogP contribution in [0.2, 0.25) is 0 Å². The molecule has 3 rings (SSSR count). The fourth-order valence-corrected chi connectivity index (χ4v) is 5.27. The molecule has 0 bridgehead atoms. The van der Waals surface area contributed by atoms with Crippen molar-refractivity contribution in [3.63, 3.8) is 0 Å². The number of hydrogen-bond donors (Lipinski definition) is 3. The Morgan fingerprint density at radius 3 is 2.06 bits per heavy atom. The van der Waals surface area contributed by atoms with Crippen LogP contribution in [0.1, 0.15) is 56.2 Å². The van der Waals surface area contributed by atoms with Gasteiger partial charge in [-0.3, -0.25) is 14.4 Å². The van der Waals surface area contributed by atoms with E-state index in [1.165, 1.54) is 0 Å². The first-order valence-electron chi connectivity index (χ1n) is 16.5. The molecule has 0 aliphatic heterocycles. The molecule has 256 valence electrons. The highest BCUT2D eigenvalue weighted by molar-refractivity contribution is 5.86. The quantitative estimate of drug-likeness (QED) is 0.0941. The summed E-state index contributed by atoms with van der Waals surface area (Å²) in [6.07, 6.45) is 5.85. The Hall–Kier alpha value is -4.69.